The van der Waals surface area contributed by atoms with Gasteiger partial charge < -0.3 is 5.11 Å². The topological polar surface area (TPSA) is 83.5 Å². The van der Waals surface area contributed by atoms with Gasteiger partial charge in [0.15, 0.2) is 0 Å². The van der Waals surface area contributed by atoms with E-state index in [4.69, 9.17) is 16.7 Å². The zero-order valence-corrected chi connectivity index (χ0v) is 14.5. The van der Waals surface area contributed by atoms with Gasteiger partial charge in [-0.3, -0.25) is 4.72 Å². The number of sulfonamides is 1. The number of carbonyl (C=O) groups is 1. The van der Waals surface area contributed by atoms with Gasteiger partial charge in [0.05, 0.1) is 16.3 Å². The predicted molar refractivity (Wildman–Crippen MR) is 88.1 cm³/mol. The third-order valence-corrected chi connectivity index (χ3v) is 5.25. The fourth-order valence-electron chi connectivity index (χ4n) is 1.76. The number of aryl methyl sites for hydroxylation is 1. The number of benzene rings is 2. The van der Waals surface area contributed by atoms with Crippen LogP contribution in [0.2, 0.25) is 5.02 Å². The Morgan fingerprint density at radius 1 is 1.23 bits per heavy atom. The standard InChI is InChI=1S/C14H11BrClNO4S/c1-8-2-3-9(14(18)19)6-12(8)17-22(20,21)13-5-4-10(15)7-11(13)16/h2-7,17H,1H3,(H,18,19). The van der Waals surface area contributed by atoms with Crippen LogP contribution in [0.15, 0.2) is 45.8 Å². The molecule has 0 saturated carbocycles. The molecule has 0 atom stereocenters. The highest BCUT2D eigenvalue weighted by Gasteiger charge is 2.19. The van der Waals surface area contributed by atoms with Crippen molar-refractivity contribution in [3.05, 3.63) is 57.0 Å². The van der Waals surface area contributed by atoms with Crippen molar-refractivity contribution in [1.82, 2.24) is 0 Å². The lowest BCUT2D eigenvalue weighted by Gasteiger charge is -2.12. The minimum absolute atomic E-state index is 0.00907. The van der Waals surface area contributed by atoms with Crippen molar-refractivity contribution in [2.24, 2.45) is 0 Å². The van der Waals surface area contributed by atoms with Gasteiger partial charge in [-0.1, -0.05) is 33.6 Å². The molecule has 8 heteroatoms. The van der Waals surface area contributed by atoms with Crippen LogP contribution in [0.25, 0.3) is 0 Å². The first-order valence-electron chi connectivity index (χ1n) is 6.02. The van der Waals surface area contributed by atoms with E-state index in [1.165, 1.54) is 30.3 Å². The van der Waals surface area contributed by atoms with Crippen LogP contribution in [0.1, 0.15) is 15.9 Å². The van der Waals surface area contributed by atoms with Crippen molar-refractivity contribution in [3.63, 3.8) is 0 Å². The highest BCUT2D eigenvalue weighted by Crippen LogP contribution is 2.28. The molecule has 0 aliphatic rings. The Hall–Kier alpha value is -1.57. The van der Waals surface area contributed by atoms with Crippen LogP contribution in [-0.2, 0) is 10.0 Å². The van der Waals surface area contributed by atoms with Crippen molar-refractivity contribution in [2.75, 3.05) is 4.72 Å². The number of rotatable bonds is 4. The lowest BCUT2D eigenvalue weighted by molar-refractivity contribution is 0.0697. The highest BCUT2D eigenvalue weighted by molar-refractivity contribution is 9.10. The van der Waals surface area contributed by atoms with E-state index in [1.54, 1.807) is 13.0 Å². The highest BCUT2D eigenvalue weighted by atomic mass is 79.9. The number of carboxylic acids is 1. The van der Waals surface area contributed by atoms with Gasteiger partial charge in [-0.15, -0.1) is 0 Å². The number of hydrogen-bond acceptors (Lipinski definition) is 3. The van der Waals surface area contributed by atoms with Crippen LogP contribution in [0, 0.1) is 6.92 Å². The maximum Gasteiger partial charge on any atom is 0.335 e. The first-order chi connectivity index (χ1) is 10.2. The van der Waals surface area contributed by atoms with Crippen molar-refractivity contribution in [3.8, 4) is 0 Å². The Morgan fingerprint density at radius 3 is 2.50 bits per heavy atom. The molecule has 2 aromatic rings. The van der Waals surface area contributed by atoms with Gasteiger partial charge in [0.25, 0.3) is 10.0 Å². The summed E-state index contributed by atoms with van der Waals surface area (Å²) in [5.41, 5.74) is 0.783. The van der Waals surface area contributed by atoms with Crippen molar-refractivity contribution in [1.29, 1.82) is 0 Å². The Bertz CT molecular complexity index is 852. The number of aromatic carboxylic acids is 1. The van der Waals surface area contributed by atoms with E-state index >= 15 is 0 Å². The Kier molecular flexibility index (Phi) is 4.79. The van der Waals surface area contributed by atoms with Crippen molar-refractivity contribution in [2.45, 2.75) is 11.8 Å². The fraction of sp³-hybridized carbons (Fsp3) is 0.0714. The molecule has 116 valence electrons. The van der Waals surface area contributed by atoms with E-state index in [-0.39, 0.29) is 21.2 Å². The smallest absolute Gasteiger partial charge is 0.335 e. The van der Waals surface area contributed by atoms with Gasteiger partial charge >= 0.3 is 5.97 Å². The number of nitrogens with one attached hydrogen (secondary N) is 1. The first kappa shape index (κ1) is 16.8. The molecular weight excluding hydrogens is 394 g/mol. The second kappa shape index (κ2) is 6.28. The van der Waals surface area contributed by atoms with Gasteiger partial charge in [0, 0.05) is 4.47 Å². The fourth-order valence-corrected chi connectivity index (χ4v) is 3.92. The maximum absolute atomic E-state index is 12.4. The second-order valence-electron chi connectivity index (χ2n) is 4.52. The molecule has 0 saturated heterocycles. The lowest BCUT2D eigenvalue weighted by Crippen LogP contribution is -2.15. The molecular formula is C14H11BrClNO4S. The molecule has 2 rings (SSSR count). The van der Waals surface area contributed by atoms with Crippen LogP contribution >= 0.6 is 27.5 Å². The van der Waals surface area contributed by atoms with Gasteiger partial charge in [-0.2, -0.15) is 0 Å². The summed E-state index contributed by atoms with van der Waals surface area (Å²) in [4.78, 5) is 10.9. The zero-order valence-electron chi connectivity index (χ0n) is 11.3. The maximum atomic E-state index is 12.4. The minimum atomic E-state index is -3.92. The third-order valence-electron chi connectivity index (χ3n) is 2.91. The summed E-state index contributed by atoms with van der Waals surface area (Å²) in [5, 5.41) is 9.05. The summed E-state index contributed by atoms with van der Waals surface area (Å²) in [6.45, 7) is 1.67. The number of hydrogen-bond donors (Lipinski definition) is 2. The average Bonchev–Trinajstić information content (AvgIpc) is 2.40. The van der Waals surface area contributed by atoms with E-state index in [1.807, 2.05) is 0 Å². The van der Waals surface area contributed by atoms with E-state index in [0.29, 0.717) is 10.0 Å². The van der Waals surface area contributed by atoms with Crippen molar-refractivity contribution < 1.29 is 18.3 Å². The molecule has 0 amide bonds. The largest absolute Gasteiger partial charge is 0.478 e. The quantitative estimate of drug-likeness (QED) is 0.809. The zero-order chi connectivity index (χ0) is 16.5. The molecule has 0 aliphatic carbocycles. The molecule has 2 aromatic carbocycles. The Morgan fingerprint density at radius 2 is 1.91 bits per heavy atom. The summed E-state index contributed by atoms with van der Waals surface area (Å²) >= 11 is 9.16. The lowest BCUT2D eigenvalue weighted by atomic mass is 10.1. The van der Waals surface area contributed by atoms with Crippen LogP contribution < -0.4 is 4.72 Å². The molecule has 0 heterocycles. The average molecular weight is 405 g/mol. The van der Waals surface area contributed by atoms with Gasteiger partial charge in [-0.05, 0) is 42.8 Å². The molecule has 0 unspecified atom stereocenters. The number of halogens is 2. The Balaban J connectivity index is 2.45. The van der Waals surface area contributed by atoms with E-state index < -0.39 is 16.0 Å². The van der Waals surface area contributed by atoms with Crippen molar-refractivity contribution >= 4 is 49.2 Å². The second-order valence-corrected chi connectivity index (χ2v) is 7.49. The van der Waals surface area contributed by atoms with E-state index in [0.717, 1.165) is 0 Å². The number of anilines is 1. The molecule has 0 radical (unpaired) electrons. The summed E-state index contributed by atoms with van der Waals surface area (Å²) in [6, 6.07) is 8.59. The minimum Gasteiger partial charge on any atom is -0.478 e. The summed E-state index contributed by atoms with van der Waals surface area (Å²) in [7, 11) is -3.92. The molecule has 0 spiro atoms. The van der Waals surface area contributed by atoms with Gasteiger partial charge in [0.1, 0.15) is 4.90 Å². The molecule has 0 aliphatic heterocycles. The summed E-state index contributed by atoms with van der Waals surface area (Å²) < 4.78 is 27.8. The molecule has 0 bridgehead atoms. The van der Waals surface area contributed by atoms with E-state index in [2.05, 4.69) is 20.7 Å². The van der Waals surface area contributed by atoms with Crippen LogP contribution in [-0.4, -0.2) is 19.5 Å². The van der Waals surface area contributed by atoms with Crippen LogP contribution in [0.4, 0.5) is 5.69 Å². The normalized spacial score (nSPS) is 11.2. The predicted octanol–water partition coefficient (Wildman–Crippen LogP) is 3.91. The van der Waals surface area contributed by atoms with Crippen LogP contribution in [0.3, 0.4) is 0 Å². The molecule has 0 aromatic heterocycles. The summed E-state index contributed by atoms with van der Waals surface area (Å²) in [5.74, 6) is -1.14. The van der Waals surface area contributed by atoms with Gasteiger partial charge in [0.2, 0.25) is 0 Å². The van der Waals surface area contributed by atoms with Gasteiger partial charge in [-0.25, -0.2) is 13.2 Å². The van der Waals surface area contributed by atoms with E-state index in [9.17, 15) is 13.2 Å². The number of carboxylic acid groups (broad SMARTS) is 1. The Labute approximate surface area is 141 Å². The first-order valence-corrected chi connectivity index (χ1v) is 8.68. The third kappa shape index (κ3) is 3.60. The molecule has 22 heavy (non-hydrogen) atoms. The SMILES string of the molecule is Cc1ccc(C(=O)O)cc1NS(=O)(=O)c1ccc(Br)cc1Cl. The summed E-state index contributed by atoms with van der Waals surface area (Å²) in [6.07, 6.45) is 0. The molecule has 0 fully saturated rings. The molecule has 2 N–H and O–H groups in total. The molecule has 5 nitrogen and oxygen atoms in total. The van der Waals surface area contributed by atoms with Crippen LogP contribution in [0.5, 0.6) is 0 Å². The monoisotopic (exact) mass is 403 g/mol.